The number of aromatic nitrogens is 1. The summed E-state index contributed by atoms with van der Waals surface area (Å²) in [5, 5.41) is 3.51. The molecule has 0 aliphatic carbocycles. The van der Waals surface area contributed by atoms with Gasteiger partial charge in [-0.15, -0.1) is 0 Å². The van der Waals surface area contributed by atoms with Gasteiger partial charge < -0.3 is 5.32 Å². The van der Waals surface area contributed by atoms with E-state index in [1.165, 1.54) is 25.7 Å². The normalized spacial score (nSPS) is 12.5. The number of nitrogens with one attached hydrogen (secondary N) is 1. The first-order valence-corrected chi connectivity index (χ1v) is 6.82. The summed E-state index contributed by atoms with van der Waals surface area (Å²) in [5.41, 5.74) is 2.20. The van der Waals surface area contributed by atoms with E-state index in [-0.39, 0.29) is 0 Å². The van der Waals surface area contributed by atoms with Crippen LogP contribution in [0.4, 0.5) is 5.69 Å². The standard InChI is InChI=1S/C13H21BrN2/c1-4-5-6-7-10(2)15-12-8-9-13(14)16-11(12)3/h8-10,15H,4-7H2,1-3H3. The molecule has 16 heavy (non-hydrogen) atoms. The molecule has 0 aromatic carbocycles. The molecule has 1 aromatic rings. The van der Waals surface area contributed by atoms with Crippen molar-refractivity contribution in [1.82, 2.24) is 4.98 Å². The predicted molar refractivity (Wildman–Crippen MR) is 73.9 cm³/mol. The van der Waals surface area contributed by atoms with Gasteiger partial charge in [0.15, 0.2) is 0 Å². The van der Waals surface area contributed by atoms with Crippen molar-refractivity contribution in [2.45, 2.75) is 52.5 Å². The van der Waals surface area contributed by atoms with E-state index in [0.29, 0.717) is 6.04 Å². The van der Waals surface area contributed by atoms with Crippen LogP contribution in [0.2, 0.25) is 0 Å². The number of unbranched alkanes of at least 4 members (excludes halogenated alkanes) is 2. The Kier molecular flexibility index (Phi) is 5.81. The lowest BCUT2D eigenvalue weighted by molar-refractivity contribution is 0.614. The van der Waals surface area contributed by atoms with Gasteiger partial charge in [0, 0.05) is 6.04 Å². The van der Waals surface area contributed by atoms with Crippen LogP contribution in [0.3, 0.4) is 0 Å². The molecule has 0 bridgehead atoms. The molecular weight excluding hydrogens is 264 g/mol. The maximum atomic E-state index is 4.38. The molecule has 0 aliphatic rings. The summed E-state index contributed by atoms with van der Waals surface area (Å²) in [5.74, 6) is 0. The second-order valence-electron chi connectivity index (χ2n) is 4.31. The van der Waals surface area contributed by atoms with Crippen molar-refractivity contribution < 1.29 is 0 Å². The highest BCUT2D eigenvalue weighted by Gasteiger charge is 2.05. The average molecular weight is 285 g/mol. The molecule has 0 radical (unpaired) electrons. The van der Waals surface area contributed by atoms with Gasteiger partial charge >= 0.3 is 0 Å². The van der Waals surface area contributed by atoms with Crippen LogP contribution in [0, 0.1) is 6.92 Å². The Morgan fingerprint density at radius 3 is 2.75 bits per heavy atom. The van der Waals surface area contributed by atoms with E-state index in [0.717, 1.165) is 16.0 Å². The lowest BCUT2D eigenvalue weighted by atomic mass is 10.1. The molecule has 0 spiro atoms. The van der Waals surface area contributed by atoms with Gasteiger partial charge in [0.25, 0.3) is 0 Å². The number of aryl methyl sites for hydroxylation is 1. The van der Waals surface area contributed by atoms with E-state index >= 15 is 0 Å². The Bertz CT molecular complexity index is 326. The monoisotopic (exact) mass is 284 g/mol. The van der Waals surface area contributed by atoms with E-state index in [1.807, 2.05) is 13.0 Å². The highest BCUT2D eigenvalue weighted by Crippen LogP contribution is 2.18. The summed E-state index contributed by atoms with van der Waals surface area (Å²) >= 11 is 3.37. The van der Waals surface area contributed by atoms with Crippen LogP contribution in [0.25, 0.3) is 0 Å². The molecule has 0 fully saturated rings. The van der Waals surface area contributed by atoms with Crippen molar-refractivity contribution in [3.8, 4) is 0 Å². The van der Waals surface area contributed by atoms with E-state index in [4.69, 9.17) is 0 Å². The first kappa shape index (κ1) is 13.5. The van der Waals surface area contributed by atoms with Crippen LogP contribution in [0.15, 0.2) is 16.7 Å². The Morgan fingerprint density at radius 2 is 2.12 bits per heavy atom. The summed E-state index contributed by atoms with van der Waals surface area (Å²) in [6, 6.07) is 4.59. The van der Waals surface area contributed by atoms with Gasteiger partial charge in [-0.05, 0) is 48.3 Å². The minimum Gasteiger partial charge on any atom is -0.381 e. The van der Waals surface area contributed by atoms with Gasteiger partial charge in [0.05, 0.1) is 11.4 Å². The van der Waals surface area contributed by atoms with Crippen LogP contribution in [0.1, 0.15) is 45.2 Å². The van der Waals surface area contributed by atoms with Crippen LogP contribution in [-0.2, 0) is 0 Å². The molecule has 1 heterocycles. The Balaban J connectivity index is 2.46. The van der Waals surface area contributed by atoms with Crippen LogP contribution in [-0.4, -0.2) is 11.0 Å². The van der Waals surface area contributed by atoms with Crippen LogP contribution >= 0.6 is 15.9 Å². The lowest BCUT2D eigenvalue weighted by Gasteiger charge is -2.16. The summed E-state index contributed by atoms with van der Waals surface area (Å²) < 4.78 is 0.897. The molecule has 0 aliphatic heterocycles. The Morgan fingerprint density at radius 1 is 1.38 bits per heavy atom. The predicted octanol–water partition coefficient (Wildman–Crippen LogP) is 4.53. The topological polar surface area (TPSA) is 24.9 Å². The first-order chi connectivity index (χ1) is 7.63. The van der Waals surface area contributed by atoms with Gasteiger partial charge in [-0.3, -0.25) is 0 Å². The van der Waals surface area contributed by atoms with Gasteiger partial charge in [-0.25, -0.2) is 4.98 Å². The third-order valence-corrected chi connectivity index (χ3v) is 3.14. The summed E-state index contributed by atoms with van der Waals surface area (Å²) in [4.78, 5) is 4.38. The molecule has 90 valence electrons. The summed E-state index contributed by atoms with van der Waals surface area (Å²) in [7, 11) is 0. The van der Waals surface area contributed by atoms with Crippen molar-refractivity contribution in [2.75, 3.05) is 5.32 Å². The fourth-order valence-corrected chi connectivity index (χ4v) is 2.12. The molecule has 0 amide bonds. The van der Waals surface area contributed by atoms with Crippen molar-refractivity contribution in [3.63, 3.8) is 0 Å². The highest BCUT2D eigenvalue weighted by atomic mass is 79.9. The summed E-state index contributed by atoms with van der Waals surface area (Å²) in [6.07, 6.45) is 5.13. The molecule has 1 aromatic heterocycles. The number of pyridine rings is 1. The van der Waals surface area contributed by atoms with Crippen molar-refractivity contribution in [3.05, 3.63) is 22.4 Å². The van der Waals surface area contributed by atoms with Crippen LogP contribution < -0.4 is 5.32 Å². The average Bonchev–Trinajstić information content (AvgIpc) is 2.23. The smallest absolute Gasteiger partial charge is 0.106 e. The van der Waals surface area contributed by atoms with E-state index in [9.17, 15) is 0 Å². The van der Waals surface area contributed by atoms with Gasteiger partial charge in [0.1, 0.15) is 4.60 Å². The molecule has 1 N–H and O–H groups in total. The van der Waals surface area contributed by atoms with E-state index in [1.54, 1.807) is 0 Å². The number of hydrogen-bond acceptors (Lipinski definition) is 2. The largest absolute Gasteiger partial charge is 0.381 e. The molecule has 2 nitrogen and oxygen atoms in total. The molecule has 0 saturated carbocycles. The number of anilines is 1. The SMILES string of the molecule is CCCCCC(C)Nc1ccc(Br)nc1C. The van der Waals surface area contributed by atoms with Crippen molar-refractivity contribution in [2.24, 2.45) is 0 Å². The minimum atomic E-state index is 0.522. The maximum absolute atomic E-state index is 4.38. The fraction of sp³-hybridized carbons (Fsp3) is 0.615. The molecular formula is C13H21BrN2. The third-order valence-electron chi connectivity index (χ3n) is 2.69. The number of nitrogens with zero attached hydrogens (tertiary/aromatic N) is 1. The van der Waals surface area contributed by atoms with Crippen molar-refractivity contribution >= 4 is 21.6 Å². The quantitative estimate of drug-likeness (QED) is 0.613. The molecule has 0 saturated heterocycles. The Labute approximate surface area is 107 Å². The zero-order chi connectivity index (χ0) is 12.0. The van der Waals surface area contributed by atoms with Crippen molar-refractivity contribution in [1.29, 1.82) is 0 Å². The first-order valence-electron chi connectivity index (χ1n) is 6.03. The molecule has 3 heteroatoms. The minimum absolute atomic E-state index is 0.522. The number of halogens is 1. The molecule has 1 unspecified atom stereocenters. The maximum Gasteiger partial charge on any atom is 0.106 e. The second kappa shape index (κ2) is 6.89. The highest BCUT2D eigenvalue weighted by molar-refractivity contribution is 9.10. The molecule has 1 atom stereocenters. The van der Waals surface area contributed by atoms with E-state index in [2.05, 4.69) is 46.1 Å². The summed E-state index contributed by atoms with van der Waals surface area (Å²) in [6.45, 7) is 6.50. The van der Waals surface area contributed by atoms with Gasteiger partial charge in [-0.2, -0.15) is 0 Å². The van der Waals surface area contributed by atoms with Gasteiger partial charge in [-0.1, -0.05) is 26.2 Å². The number of rotatable bonds is 6. The second-order valence-corrected chi connectivity index (χ2v) is 5.12. The molecule has 1 rings (SSSR count). The van der Waals surface area contributed by atoms with E-state index < -0.39 is 0 Å². The third kappa shape index (κ3) is 4.52. The number of hydrogen-bond donors (Lipinski definition) is 1. The van der Waals surface area contributed by atoms with Crippen LogP contribution in [0.5, 0.6) is 0 Å². The Hall–Kier alpha value is -0.570. The fourth-order valence-electron chi connectivity index (χ4n) is 1.72. The van der Waals surface area contributed by atoms with Gasteiger partial charge in [0.2, 0.25) is 0 Å². The zero-order valence-electron chi connectivity index (χ0n) is 10.4. The lowest BCUT2D eigenvalue weighted by Crippen LogP contribution is -2.15. The zero-order valence-corrected chi connectivity index (χ0v) is 12.0.